The molecule has 29 heavy (non-hydrogen) atoms. The molecule has 0 radical (unpaired) electrons. The topological polar surface area (TPSA) is 76.0 Å². The molecule has 2 N–H and O–H groups in total. The van der Waals surface area contributed by atoms with E-state index in [9.17, 15) is 9.59 Å². The highest BCUT2D eigenvalue weighted by molar-refractivity contribution is 9.10. The molecular weight excluding hydrogens is 432 g/mol. The first kappa shape index (κ1) is 20.8. The fourth-order valence-electron chi connectivity index (χ4n) is 3.00. The van der Waals surface area contributed by atoms with Crippen LogP contribution in [0.15, 0.2) is 53.0 Å². The maximum absolute atomic E-state index is 12.5. The lowest BCUT2D eigenvalue weighted by Crippen LogP contribution is -2.24. The molecule has 3 aromatic rings. The summed E-state index contributed by atoms with van der Waals surface area (Å²) in [5, 5.41) is 10.2. The van der Waals surface area contributed by atoms with Crippen LogP contribution in [0.4, 0.5) is 0 Å². The summed E-state index contributed by atoms with van der Waals surface area (Å²) in [5.41, 5.74) is 4.83. The van der Waals surface area contributed by atoms with Crippen LogP contribution >= 0.6 is 15.9 Å². The minimum absolute atomic E-state index is 0.118. The van der Waals surface area contributed by atoms with Crippen molar-refractivity contribution in [3.63, 3.8) is 0 Å². The number of benzene rings is 2. The van der Waals surface area contributed by atoms with Crippen molar-refractivity contribution < 1.29 is 9.59 Å². The van der Waals surface area contributed by atoms with Gasteiger partial charge in [-0.05, 0) is 78.7 Å². The van der Waals surface area contributed by atoms with Gasteiger partial charge in [0.15, 0.2) is 0 Å². The van der Waals surface area contributed by atoms with Crippen molar-refractivity contribution >= 4 is 27.7 Å². The molecule has 0 atom stereocenters. The Labute approximate surface area is 178 Å². The number of nitrogens with one attached hydrogen (secondary N) is 2. The average Bonchev–Trinajstić information content (AvgIpc) is 3.00. The number of rotatable bonds is 6. The van der Waals surface area contributed by atoms with E-state index in [1.165, 1.54) is 0 Å². The number of nitrogens with zero attached hydrogens (tertiary/aromatic N) is 2. The maximum Gasteiger partial charge on any atom is 0.251 e. The molecule has 1 heterocycles. The Hall–Kier alpha value is -2.93. The molecule has 0 saturated carbocycles. The summed E-state index contributed by atoms with van der Waals surface area (Å²) in [5.74, 6) is -0.290. The van der Waals surface area contributed by atoms with Gasteiger partial charge in [0.2, 0.25) is 0 Å². The Bertz CT molecular complexity index is 1040. The molecule has 3 rings (SSSR count). The van der Waals surface area contributed by atoms with Crippen LogP contribution < -0.4 is 10.6 Å². The molecule has 6 nitrogen and oxygen atoms in total. The van der Waals surface area contributed by atoms with E-state index >= 15 is 0 Å². The molecular formula is C22H23BrN4O2. The van der Waals surface area contributed by atoms with Crippen LogP contribution in [-0.4, -0.2) is 28.1 Å². The maximum atomic E-state index is 12.5. The van der Waals surface area contributed by atoms with E-state index in [0.29, 0.717) is 24.2 Å². The summed E-state index contributed by atoms with van der Waals surface area (Å²) >= 11 is 3.53. The number of aromatic nitrogens is 2. The fraction of sp³-hybridized carbons (Fsp3) is 0.227. The third kappa shape index (κ3) is 4.74. The van der Waals surface area contributed by atoms with Crippen molar-refractivity contribution in [1.82, 2.24) is 20.4 Å². The van der Waals surface area contributed by atoms with Crippen molar-refractivity contribution in [2.24, 2.45) is 0 Å². The van der Waals surface area contributed by atoms with Crippen molar-refractivity contribution in [1.29, 1.82) is 0 Å². The zero-order valence-corrected chi connectivity index (χ0v) is 18.2. The molecule has 1 aromatic heterocycles. The van der Waals surface area contributed by atoms with Gasteiger partial charge in [0.1, 0.15) is 0 Å². The van der Waals surface area contributed by atoms with Gasteiger partial charge in [-0.2, -0.15) is 5.10 Å². The van der Waals surface area contributed by atoms with Gasteiger partial charge < -0.3 is 10.6 Å². The zero-order valence-electron chi connectivity index (χ0n) is 16.6. The number of hydrogen-bond donors (Lipinski definition) is 2. The number of halogens is 1. The second-order valence-electron chi connectivity index (χ2n) is 6.69. The van der Waals surface area contributed by atoms with Crippen LogP contribution in [0.5, 0.6) is 0 Å². The Morgan fingerprint density at radius 3 is 2.31 bits per heavy atom. The van der Waals surface area contributed by atoms with E-state index in [1.807, 2.05) is 49.7 Å². The minimum atomic E-state index is -0.172. The predicted molar refractivity (Wildman–Crippen MR) is 116 cm³/mol. The second kappa shape index (κ2) is 9.05. The van der Waals surface area contributed by atoms with E-state index in [0.717, 1.165) is 27.1 Å². The van der Waals surface area contributed by atoms with Gasteiger partial charge in [-0.3, -0.25) is 9.59 Å². The van der Waals surface area contributed by atoms with Gasteiger partial charge >= 0.3 is 0 Å². The molecule has 2 amide bonds. The zero-order chi connectivity index (χ0) is 21.0. The number of aryl methyl sites for hydroxylation is 1. The lowest BCUT2D eigenvalue weighted by atomic mass is 10.1. The van der Waals surface area contributed by atoms with Crippen LogP contribution in [0.1, 0.15) is 44.6 Å². The Morgan fingerprint density at radius 2 is 1.69 bits per heavy atom. The molecule has 2 aromatic carbocycles. The smallest absolute Gasteiger partial charge is 0.251 e. The van der Waals surface area contributed by atoms with Crippen molar-refractivity contribution in [3.05, 3.63) is 81.1 Å². The largest absolute Gasteiger partial charge is 0.352 e. The van der Waals surface area contributed by atoms with Crippen molar-refractivity contribution in [3.8, 4) is 5.69 Å². The molecule has 0 aliphatic heterocycles. The van der Waals surface area contributed by atoms with E-state index in [-0.39, 0.29) is 11.8 Å². The lowest BCUT2D eigenvalue weighted by molar-refractivity contribution is 0.0947. The number of carbonyl (C=O) groups is 2. The predicted octanol–water partition coefficient (Wildman–Crippen LogP) is 3.93. The minimum Gasteiger partial charge on any atom is -0.352 e. The summed E-state index contributed by atoms with van der Waals surface area (Å²) in [6.45, 7) is 6.72. The summed E-state index contributed by atoms with van der Waals surface area (Å²) in [4.78, 5) is 24.4. The van der Waals surface area contributed by atoms with E-state index in [1.54, 1.807) is 24.3 Å². The van der Waals surface area contributed by atoms with Crippen LogP contribution in [0.25, 0.3) is 5.69 Å². The van der Waals surface area contributed by atoms with Gasteiger partial charge in [0, 0.05) is 24.2 Å². The van der Waals surface area contributed by atoms with Crippen LogP contribution in [-0.2, 0) is 6.54 Å². The first-order chi connectivity index (χ1) is 13.9. The van der Waals surface area contributed by atoms with Crippen LogP contribution in [0, 0.1) is 13.8 Å². The first-order valence-corrected chi connectivity index (χ1v) is 10.2. The lowest BCUT2D eigenvalue weighted by Gasteiger charge is -2.09. The van der Waals surface area contributed by atoms with Gasteiger partial charge in [0.05, 0.1) is 21.5 Å². The molecule has 0 fully saturated rings. The van der Waals surface area contributed by atoms with Gasteiger partial charge in [0.25, 0.3) is 11.8 Å². The third-order valence-electron chi connectivity index (χ3n) is 4.56. The SMILES string of the molecule is CCNC(=O)c1cccc(CNC(=O)c2ccc(-n3nc(C)c(Br)c3C)cc2)c1. The summed E-state index contributed by atoms with van der Waals surface area (Å²) in [6.07, 6.45) is 0. The van der Waals surface area contributed by atoms with Gasteiger partial charge in [-0.1, -0.05) is 12.1 Å². The standard InChI is InChI=1S/C22H23BrN4O2/c1-4-24-22(29)18-7-5-6-16(12-18)13-25-21(28)17-8-10-19(11-9-17)27-15(3)20(23)14(2)26-27/h5-12H,4,13H2,1-3H3,(H,24,29)(H,25,28). The molecule has 0 bridgehead atoms. The molecule has 0 saturated heterocycles. The average molecular weight is 455 g/mol. The van der Waals surface area contributed by atoms with E-state index < -0.39 is 0 Å². The van der Waals surface area contributed by atoms with Crippen LogP contribution in [0.3, 0.4) is 0 Å². The third-order valence-corrected chi connectivity index (χ3v) is 5.70. The Kier molecular flexibility index (Phi) is 6.49. The van der Waals surface area contributed by atoms with Crippen molar-refractivity contribution in [2.75, 3.05) is 6.54 Å². The number of amides is 2. The molecule has 0 aliphatic carbocycles. The summed E-state index contributed by atoms with van der Waals surface area (Å²) < 4.78 is 2.82. The van der Waals surface area contributed by atoms with Crippen molar-refractivity contribution in [2.45, 2.75) is 27.3 Å². The van der Waals surface area contributed by atoms with Crippen LogP contribution in [0.2, 0.25) is 0 Å². The fourth-order valence-corrected chi connectivity index (χ4v) is 3.25. The van der Waals surface area contributed by atoms with E-state index in [4.69, 9.17) is 0 Å². The monoisotopic (exact) mass is 454 g/mol. The summed E-state index contributed by atoms with van der Waals surface area (Å²) in [7, 11) is 0. The molecule has 0 aliphatic rings. The molecule has 7 heteroatoms. The normalized spacial score (nSPS) is 10.6. The number of hydrogen-bond acceptors (Lipinski definition) is 3. The number of carbonyl (C=O) groups excluding carboxylic acids is 2. The highest BCUT2D eigenvalue weighted by Crippen LogP contribution is 2.23. The Balaban J connectivity index is 1.66. The van der Waals surface area contributed by atoms with E-state index in [2.05, 4.69) is 31.7 Å². The Morgan fingerprint density at radius 1 is 1.00 bits per heavy atom. The molecule has 150 valence electrons. The first-order valence-electron chi connectivity index (χ1n) is 9.38. The quantitative estimate of drug-likeness (QED) is 0.592. The molecule has 0 unspecified atom stereocenters. The summed E-state index contributed by atoms with van der Waals surface area (Å²) in [6, 6.07) is 14.5. The van der Waals surface area contributed by atoms with Gasteiger partial charge in [-0.15, -0.1) is 0 Å². The highest BCUT2D eigenvalue weighted by atomic mass is 79.9. The second-order valence-corrected chi connectivity index (χ2v) is 7.48. The van der Waals surface area contributed by atoms with Gasteiger partial charge in [-0.25, -0.2) is 4.68 Å². The highest BCUT2D eigenvalue weighted by Gasteiger charge is 2.12. The molecule has 0 spiro atoms.